The Bertz CT molecular complexity index is 362. The summed E-state index contributed by atoms with van der Waals surface area (Å²) in [7, 11) is 4.37. The summed E-state index contributed by atoms with van der Waals surface area (Å²) in [5.41, 5.74) is 2.29. The molecule has 0 spiro atoms. The number of pyridine rings is 1. The molecule has 1 saturated carbocycles. The molecule has 1 aromatic rings. The highest BCUT2D eigenvalue weighted by Gasteiger charge is 2.22. The van der Waals surface area contributed by atoms with Crippen molar-refractivity contribution in [1.29, 1.82) is 0 Å². The molecule has 0 aromatic carbocycles. The number of rotatable bonds is 3. The molecule has 94 valence electrons. The summed E-state index contributed by atoms with van der Waals surface area (Å²) < 4.78 is 0. The fraction of sp³-hybridized carbons (Fsp3) is 0.643. The molecule has 3 nitrogen and oxygen atoms in total. The van der Waals surface area contributed by atoms with Crippen LogP contribution in [0.5, 0.6) is 0 Å². The molecule has 0 saturated heterocycles. The molecule has 2 atom stereocenters. The van der Waals surface area contributed by atoms with Crippen molar-refractivity contribution >= 4 is 5.69 Å². The fourth-order valence-corrected chi connectivity index (χ4v) is 2.64. The van der Waals surface area contributed by atoms with Gasteiger partial charge in [-0.3, -0.25) is 4.98 Å². The van der Waals surface area contributed by atoms with Gasteiger partial charge in [-0.25, -0.2) is 0 Å². The van der Waals surface area contributed by atoms with Crippen molar-refractivity contribution in [2.75, 3.05) is 19.4 Å². The molecule has 1 N–H and O–H groups in total. The van der Waals surface area contributed by atoms with Gasteiger partial charge in [0.2, 0.25) is 0 Å². The highest BCUT2D eigenvalue weighted by molar-refractivity contribution is 5.44. The predicted molar refractivity (Wildman–Crippen MR) is 72.3 cm³/mol. The molecule has 0 aliphatic heterocycles. The maximum absolute atomic E-state index is 4.23. The minimum Gasteiger partial charge on any atom is -0.382 e. The van der Waals surface area contributed by atoms with Crippen LogP contribution in [0.4, 0.5) is 5.69 Å². The van der Waals surface area contributed by atoms with Crippen LogP contribution in [0.25, 0.3) is 0 Å². The molecule has 0 radical (unpaired) electrons. The molecule has 1 fully saturated rings. The van der Waals surface area contributed by atoms with Gasteiger partial charge in [-0.2, -0.15) is 0 Å². The molecular formula is C14H23N3. The van der Waals surface area contributed by atoms with Crippen LogP contribution in [0.15, 0.2) is 18.3 Å². The van der Waals surface area contributed by atoms with Crippen LogP contribution in [-0.2, 0) is 0 Å². The van der Waals surface area contributed by atoms with E-state index in [1.165, 1.54) is 31.4 Å². The molecule has 2 rings (SSSR count). The monoisotopic (exact) mass is 233 g/mol. The summed E-state index contributed by atoms with van der Waals surface area (Å²) in [6, 6.07) is 5.52. The van der Waals surface area contributed by atoms with Crippen LogP contribution in [0, 0.1) is 6.92 Å². The molecular weight excluding hydrogens is 210 g/mol. The first kappa shape index (κ1) is 12.4. The lowest BCUT2D eigenvalue weighted by molar-refractivity contribution is 0.219. The summed E-state index contributed by atoms with van der Waals surface area (Å²) in [5.74, 6) is 0. The van der Waals surface area contributed by atoms with Crippen molar-refractivity contribution in [1.82, 2.24) is 9.88 Å². The Hall–Kier alpha value is -1.09. The molecule has 1 aliphatic rings. The second kappa shape index (κ2) is 5.50. The van der Waals surface area contributed by atoms with Gasteiger partial charge < -0.3 is 10.2 Å². The van der Waals surface area contributed by atoms with Crippen molar-refractivity contribution in [2.24, 2.45) is 0 Å². The van der Waals surface area contributed by atoms with Gasteiger partial charge in [-0.05, 0) is 58.8 Å². The number of hydrogen-bond acceptors (Lipinski definition) is 3. The standard InChI is InChI=1S/C14H23N3/c1-11-9-13(7-8-15-11)16-12-5-4-6-14(10-12)17(2)3/h7-9,12,14H,4-6,10H2,1-3H3,(H,15,16). The van der Waals surface area contributed by atoms with Gasteiger partial charge in [0, 0.05) is 29.7 Å². The number of aryl methyl sites for hydroxylation is 1. The van der Waals surface area contributed by atoms with E-state index >= 15 is 0 Å². The van der Waals surface area contributed by atoms with Crippen LogP contribution in [-0.4, -0.2) is 36.1 Å². The summed E-state index contributed by atoms with van der Waals surface area (Å²) in [6.07, 6.45) is 7.06. The topological polar surface area (TPSA) is 28.2 Å². The lowest BCUT2D eigenvalue weighted by Crippen LogP contribution is -2.38. The van der Waals surface area contributed by atoms with Gasteiger partial charge in [-0.1, -0.05) is 0 Å². The maximum Gasteiger partial charge on any atom is 0.0393 e. The molecule has 1 heterocycles. The van der Waals surface area contributed by atoms with E-state index in [2.05, 4.69) is 41.4 Å². The van der Waals surface area contributed by atoms with Crippen LogP contribution in [0.3, 0.4) is 0 Å². The highest BCUT2D eigenvalue weighted by Crippen LogP contribution is 2.24. The fourth-order valence-electron chi connectivity index (χ4n) is 2.64. The predicted octanol–water partition coefficient (Wildman–Crippen LogP) is 2.67. The highest BCUT2D eigenvalue weighted by atomic mass is 15.1. The smallest absolute Gasteiger partial charge is 0.0393 e. The van der Waals surface area contributed by atoms with Gasteiger partial charge in [0.15, 0.2) is 0 Å². The Balaban J connectivity index is 1.94. The van der Waals surface area contributed by atoms with E-state index < -0.39 is 0 Å². The van der Waals surface area contributed by atoms with Gasteiger partial charge in [0.25, 0.3) is 0 Å². The Morgan fingerprint density at radius 2 is 2.18 bits per heavy atom. The Morgan fingerprint density at radius 1 is 1.35 bits per heavy atom. The molecule has 1 aromatic heterocycles. The number of hydrogen-bond donors (Lipinski definition) is 1. The number of anilines is 1. The Kier molecular flexibility index (Phi) is 4.00. The Labute approximate surface area is 104 Å². The first-order valence-corrected chi connectivity index (χ1v) is 6.51. The third-order valence-corrected chi connectivity index (χ3v) is 3.64. The van der Waals surface area contributed by atoms with E-state index in [9.17, 15) is 0 Å². The molecule has 2 unspecified atom stereocenters. The second-order valence-corrected chi connectivity index (χ2v) is 5.31. The molecule has 1 aliphatic carbocycles. The lowest BCUT2D eigenvalue weighted by Gasteiger charge is -2.34. The van der Waals surface area contributed by atoms with Crippen LogP contribution < -0.4 is 5.32 Å². The molecule has 0 bridgehead atoms. The van der Waals surface area contributed by atoms with Crippen LogP contribution >= 0.6 is 0 Å². The van der Waals surface area contributed by atoms with E-state index in [0.29, 0.717) is 6.04 Å². The molecule has 0 amide bonds. The van der Waals surface area contributed by atoms with Crippen LogP contribution in [0.2, 0.25) is 0 Å². The van der Waals surface area contributed by atoms with Gasteiger partial charge in [0.1, 0.15) is 0 Å². The summed E-state index contributed by atoms with van der Waals surface area (Å²) >= 11 is 0. The van der Waals surface area contributed by atoms with Crippen molar-refractivity contribution in [3.05, 3.63) is 24.0 Å². The quantitative estimate of drug-likeness (QED) is 0.870. The first-order chi connectivity index (χ1) is 8.15. The molecule has 17 heavy (non-hydrogen) atoms. The lowest BCUT2D eigenvalue weighted by atomic mass is 9.90. The van der Waals surface area contributed by atoms with E-state index in [1.54, 1.807) is 0 Å². The van der Waals surface area contributed by atoms with Gasteiger partial charge in [-0.15, -0.1) is 0 Å². The van der Waals surface area contributed by atoms with E-state index in [4.69, 9.17) is 0 Å². The summed E-state index contributed by atoms with van der Waals surface area (Å²) in [5, 5.41) is 3.64. The average Bonchev–Trinajstić information content (AvgIpc) is 2.29. The van der Waals surface area contributed by atoms with Gasteiger partial charge >= 0.3 is 0 Å². The zero-order valence-corrected chi connectivity index (χ0v) is 11.1. The van der Waals surface area contributed by atoms with Gasteiger partial charge in [0.05, 0.1) is 0 Å². The number of nitrogens with zero attached hydrogens (tertiary/aromatic N) is 2. The van der Waals surface area contributed by atoms with Crippen molar-refractivity contribution in [3.8, 4) is 0 Å². The average molecular weight is 233 g/mol. The van der Waals surface area contributed by atoms with Crippen molar-refractivity contribution < 1.29 is 0 Å². The second-order valence-electron chi connectivity index (χ2n) is 5.31. The van der Waals surface area contributed by atoms with E-state index in [-0.39, 0.29) is 0 Å². The van der Waals surface area contributed by atoms with E-state index in [1.807, 2.05) is 13.1 Å². The molecule has 3 heteroatoms. The van der Waals surface area contributed by atoms with Crippen molar-refractivity contribution in [3.63, 3.8) is 0 Å². The minimum atomic E-state index is 0.609. The zero-order valence-electron chi connectivity index (χ0n) is 11.1. The van der Waals surface area contributed by atoms with E-state index in [0.717, 1.165) is 11.7 Å². The first-order valence-electron chi connectivity index (χ1n) is 6.51. The third-order valence-electron chi connectivity index (χ3n) is 3.64. The summed E-state index contributed by atoms with van der Waals surface area (Å²) in [4.78, 5) is 6.58. The SMILES string of the molecule is Cc1cc(NC2CCCC(N(C)C)C2)ccn1. The maximum atomic E-state index is 4.23. The summed E-state index contributed by atoms with van der Waals surface area (Å²) in [6.45, 7) is 2.04. The number of nitrogens with one attached hydrogen (secondary N) is 1. The minimum absolute atomic E-state index is 0.609. The number of aromatic nitrogens is 1. The van der Waals surface area contributed by atoms with Crippen molar-refractivity contribution in [2.45, 2.75) is 44.7 Å². The zero-order chi connectivity index (χ0) is 12.3. The Morgan fingerprint density at radius 3 is 2.88 bits per heavy atom. The largest absolute Gasteiger partial charge is 0.382 e. The third kappa shape index (κ3) is 3.43. The normalized spacial score (nSPS) is 24.9. The van der Waals surface area contributed by atoms with Crippen LogP contribution in [0.1, 0.15) is 31.4 Å².